The maximum atomic E-state index is 9.03. The van der Waals surface area contributed by atoms with E-state index in [0.29, 0.717) is 27.9 Å². The van der Waals surface area contributed by atoms with Crippen LogP contribution >= 0.6 is 11.8 Å². The van der Waals surface area contributed by atoms with Crippen LogP contribution in [0.2, 0.25) is 0 Å². The highest BCUT2D eigenvalue weighted by molar-refractivity contribution is 8.13. The molecular weight excluding hydrogens is 322 g/mol. The molecule has 0 fully saturated rings. The lowest BCUT2D eigenvalue weighted by Crippen LogP contribution is -2.12. The number of rotatable bonds is 3. The Hall–Kier alpha value is -3.47. The van der Waals surface area contributed by atoms with Crippen LogP contribution in [0.4, 0.5) is 5.69 Å². The first-order chi connectivity index (χ1) is 11.7. The molecule has 0 atom stereocenters. The lowest BCUT2D eigenvalue weighted by Gasteiger charge is -2.07. The fraction of sp³-hybridized carbons (Fsp3) is 0.0588. The molecule has 24 heavy (non-hydrogen) atoms. The molecule has 0 radical (unpaired) electrons. The Morgan fingerprint density at radius 1 is 1.00 bits per heavy atom. The van der Waals surface area contributed by atoms with Crippen LogP contribution in [0.25, 0.3) is 0 Å². The Bertz CT molecular complexity index is 885. The summed E-state index contributed by atoms with van der Waals surface area (Å²) < 4.78 is 5.67. The first-order valence-corrected chi connectivity index (χ1v) is 7.92. The first-order valence-electron chi connectivity index (χ1n) is 6.70. The number of ether oxygens (including phenoxy) is 1. The standard InChI is InChI=1S/C17H11N5OS/c1-24-17(21-11-20)22-14-3-6-15(7-4-14)23-16-5-2-12(9-18)13(8-16)10-19/h2-8H,1H3,(H,21,22). The summed E-state index contributed by atoms with van der Waals surface area (Å²) in [5.74, 6) is 1.04. The van der Waals surface area contributed by atoms with Crippen molar-refractivity contribution in [1.82, 2.24) is 5.32 Å². The normalized spacial score (nSPS) is 10.2. The predicted molar refractivity (Wildman–Crippen MR) is 91.7 cm³/mol. The van der Waals surface area contributed by atoms with Crippen LogP contribution in [0.3, 0.4) is 0 Å². The summed E-state index contributed by atoms with van der Waals surface area (Å²) in [7, 11) is 0. The zero-order chi connectivity index (χ0) is 17.4. The van der Waals surface area contributed by atoms with Gasteiger partial charge in [-0.2, -0.15) is 15.8 Å². The molecule has 7 heteroatoms. The summed E-state index contributed by atoms with van der Waals surface area (Å²) >= 11 is 1.33. The SMILES string of the molecule is CSC(=Nc1ccc(Oc2ccc(C#N)c(C#N)c2)cc1)NC#N. The van der Waals surface area contributed by atoms with E-state index in [9.17, 15) is 0 Å². The van der Waals surface area contributed by atoms with Crippen LogP contribution in [0.5, 0.6) is 11.5 Å². The fourth-order valence-corrected chi connectivity index (χ4v) is 2.14. The van der Waals surface area contributed by atoms with Gasteiger partial charge >= 0.3 is 0 Å². The molecule has 0 unspecified atom stereocenters. The van der Waals surface area contributed by atoms with Gasteiger partial charge in [-0.05, 0) is 48.7 Å². The molecule has 0 aliphatic rings. The Morgan fingerprint density at radius 3 is 2.25 bits per heavy atom. The van der Waals surface area contributed by atoms with Gasteiger partial charge < -0.3 is 4.74 Å². The number of thioether (sulfide) groups is 1. The molecular formula is C17H11N5OS. The number of hydrogen-bond acceptors (Lipinski definition) is 6. The van der Waals surface area contributed by atoms with E-state index in [1.807, 2.05) is 24.6 Å². The Balaban J connectivity index is 2.17. The number of nitriles is 3. The second-order valence-corrected chi connectivity index (χ2v) is 5.18. The molecule has 116 valence electrons. The minimum absolute atomic E-state index is 0.267. The van der Waals surface area contributed by atoms with Crippen LogP contribution in [-0.4, -0.2) is 11.4 Å². The molecule has 0 aromatic heterocycles. The Kier molecular flexibility index (Phi) is 5.80. The zero-order valence-corrected chi connectivity index (χ0v) is 13.5. The molecule has 0 saturated carbocycles. The van der Waals surface area contributed by atoms with Crippen LogP contribution in [-0.2, 0) is 0 Å². The molecule has 2 rings (SSSR count). The minimum Gasteiger partial charge on any atom is -0.457 e. The van der Waals surface area contributed by atoms with Gasteiger partial charge in [0.1, 0.15) is 23.6 Å². The second-order valence-electron chi connectivity index (χ2n) is 4.38. The van der Waals surface area contributed by atoms with Gasteiger partial charge in [-0.1, -0.05) is 11.8 Å². The van der Waals surface area contributed by atoms with Crippen molar-refractivity contribution in [2.75, 3.05) is 6.26 Å². The number of nitrogens with zero attached hydrogens (tertiary/aromatic N) is 4. The highest BCUT2D eigenvalue weighted by Gasteiger charge is 2.05. The average Bonchev–Trinajstić information content (AvgIpc) is 2.62. The summed E-state index contributed by atoms with van der Waals surface area (Å²) in [5, 5.41) is 29.5. The van der Waals surface area contributed by atoms with Gasteiger partial charge in [0, 0.05) is 0 Å². The third-order valence-electron chi connectivity index (χ3n) is 2.89. The van der Waals surface area contributed by atoms with E-state index in [2.05, 4.69) is 10.3 Å². The quantitative estimate of drug-likeness (QED) is 0.398. The highest BCUT2D eigenvalue weighted by atomic mass is 32.2. The zero-order valence-electron chi connectivity index (χ0n) is 12.6. The van der Waals surface area contributed by atoms with Gasteiger partial charge in [0.25, 0.3) is 0 Å². The molecule has 0 saturated heterocycles. The second kappa shape index (κ2) is 8.24. The molecule has 0 amide bonds. The third-order valence-corrected chi connectivity index (χ3v) is 3.47. The average molecular weight is 333 g/mol. The van der Waals surface area contributed by atoms with Crippen LogP contribution in [0.15, 0.2) is 47.5 Å². The minimum atomic E-state index is 0.267. The summed E-state index contributed by atoms with van der Waals surface area (Å²) in [4.78, 5) is 4.28. The molecule has 0 aliphatic carbocycles. The van der Waals surface area contributed by atoms with E-state index in [-0.39, 0.29) is 5.56 Å². The third kappa shape index (κ3) is 4.27. The lowest BCUT2D eigenvalue weighted by atomic mass is 10.1. The van der Waals surface area contributed by atoms with Gasteiger partial charge in [-0.15, -0.1) is 0 Å². The predicted octanol–water partition coefficient (Wildman–Crippen LogP) is 3.64. The molecule has 0 spiro atoms. The summed E-state index contributed by atoms with van der Waals surface area (Å²) in [6.07, 6.45) is 3.65. The summed E-state index contributed by atoms with van der Waals surface area (Å²) in [5.41, 5.74) is 1.25. The van der Waals surface area contributed by atoms with Crippen molar-refractivity contribution in [3.8, 4) is 29.8 Å². The van der Waals surface area contributed by atoms with E-state index >= 15 is 0 Å². The maximum absolute atomic E-state index is 9.03. The van der Waals surface area contributed by atoms with Crippen LogP contribution in [0, 0.1) is 34.1 Å². The van der Waals surface area contributed by atoms with Crippen LogP contribution < -0.4 is 10.1 Å². The van der Waals surface area contributed by atoms with Crippen molar-refractivity contribution < 1.29 is 4.74 Å². The highest BCUT2D eigenvalue weighted by Crippen LogP contribution is 2.26. The topological polar surface area (TPSA) is 105 Å². The van der Waals surface area contributed by atoms with E-state index in [4.69, 9.17) is 20.5 Å². The van der Waals surface area contributed by atoms with Gasteiger partial charge in [0.2, 0.25) is 0 Å². The van der Waals surface area contributed by atoms with Crippen molar-refractivity contribution in [2.45, 2.75) is 0 Å². The largest absolute Gasteiger partial charge is 0.457 e. The van der Waals surface area contributed by atoms with E-state index in [0.717, 1.165) is 0 Å². The molecule has 0 bridgehead atoms. The number of benzene rings is 2. The maximum Gasteiger partial charge on any atom is 0.183 e. The molecule has 0 heterocycles. The monoisotopic (exact) mass is 333 g/mol. The van der Waals surface area contributed by atoms with Crippen molar-refractivity contribution >= 4 is 22.6 Å². The molecule has 1 N–H and O–H groups in total. The number of hydrogen-bond donors (Lipinski definition) is 1. The van der Waals surface area contributed by atoms with Crippen molar-refractivity contribution in [2.24, 2.45) is 4.99 Å². The van der Waals surface area contributed by atoms with Crippen molar-refractivity contribution in [1.29, 1.82) is 15.8 Å². The number of aliphatic imine (C=N–C) groups is 1. The number of amidine groups is 1. The fourth-order valence-electron chi connectivity index (χ4n) is 1.79. The lowest BCUT2D eigenvalue weighted by molar-refractivity contribution is 0.482. The molecule has 2 aromatic rings. The van der Waals surface area contributed by atoms with E-state index in [1.165, 1.54) is 17.8 Å². The van der Waals surface area contributed by atoms with E-state index < -0.39 is 0 Å². The Labute approximate surface area is 143 Å². The van der Waals surface area contributed by atoms with Gasteiger partial charge in [0.05, 0.1) is 16.8 Å². The molecule has 2 aromatic carbocycles. The van der Waals surface area contributed by atoms with Crippen molar-refractivity contribution in [3.63, 3.8) is 0 Å². The molecule has 6 nitrogen and oxygen atoms in total. The molecule has 0 aliphatic heterocycles. The van der Waals surface area contributed by atoms with Crippen molar-refractivity contribution in [3.05, 3.63) is 53.6 Å². The van der Waals surface area contributed by atoms with Gasteiger partial charge in [0.15, 0.2) is 11.4 Å². The summed E-state index contributed by atoms with van der Waals surface area (Å²) in [6, 6.07) is 15.6. The van der Waals surface area contributed by atoms with Crippen LogP contribution in [0.1, 0.15) is 11.1 Å². The van der Waals surface area contributed by atoms with Gasteiger partial charge in [-0.3, -0.25) is 5.32 Å². The number of nitrogens with one attached hydrogen (secondary N) is 1. The van der Waals surface area contributed by atoms with Gasteiger partial charge in [-0.25, -0.2) is 4.99 Å². The smallest absolute Gasteiger partial charge is 0.183 e. The Morgan fingerprint density at radius 2 is 1.67 bits per heavy atom. The van der Waals surface area contributed by atoms with E-state index in [1.54, 1.807) is 36.4 Å². The summed E-state index contributed by atoms with van der Waals surface area (Å²) in [6.45, 7) is 0. The first kappa shape index (κ1) is 16.9.